The van der Waals surface area contributed by atoms with E-state index in [-0.39, 0.29) is 6.47 Å². The fraction of sp³-hybridized carbons (Fsp3) is 0.136. The van der Waals surface area contributed by atoms with Crippen LogP contribution in [0.3, 0.4) is 0 Å². The second-order valence-corrected chi connectivity index (χ2v) is 6.38. The number of carboxylic acid groups (broad SMARTS) is 1. The Morgan fingerprint density at radius 2 is 1.79 bits per heavy atom. The minimum atomic E-state index is -0.437. The predicted octanol–water partition coefficient (Wildman–Crippen LogP) is 4.22. The van der Waals surface area contributed by atoms with Crippen LogP contribution in [0.1, 0.15) is 27.0 Å². The van der Waals surface area contributed by atoms with Gasteiger partial charge in [-0.05, 0) is 56.2 Å². The number of nitrogens with zero attached hydrogens (tertiary/aromatic N) is 1. The molecule has 144 valence electrons. The van der Waals surface area contributed by atoms with Crippen LogP contribution in [0.5, 0.6) is 0 Å². The molecule has 2 aromatic carbocycles. The van der Waals surface area contributed by atoms with E-state index in [1.807, 2.05) is 19.1 Å². The van der Waals surface area contributed by atoms with Crippen LogP contribution in [0, 0.1) is 20.8 Å². The second kappa shape index (κ2) is 9.32. The summed E-state index contributed by atoms with van der Waals surface area (Å²) in [6, 6.07) is 15.6. The van der Waals surface area contributed by atoms with Gasteiger partial charge in [0.25, 0.3) is 6.47 Å². The number of amides is 1. The number of primary amides is 1. The van der Waals surface area contributed by atoms with E-state index in [4.69, 9.17) is 15.6 Å². The van der Waals surface area contributed by atoms with Crippen LogP contribution in [-0.4, -0.2) is 22.5 Å². The van der Waals surface area contributed by atoms with Crippen LogP contribution in [0.2, 0.25) is 0 Å². The highest BCUT2D eigenvalue weighted by Gasteiger charge is 2.08. The Bertz CT molecular complexity index is 1000. The number of nitrogens with two attached hydrogens (primary N) is 1. The first-order valence-electron chi connectivity index (χ1n) is 8.64. The average Bonchev–Trinajstić information content (AvgIpc) is 2.65. The van der Waals surface area contributed by atoms with Crippen molar-refractivity contribution in [3.8, 4) is 11.3 Å². The van der Waals surface area contributed by atoms with Crippen LogP contribution >= 0.6 is 0 Å². The van der Waals surface area contributed by atoms with Crippen molar-refractivity contribution in [1.82, 2.24) is 4.98 Å². The fourth-order valence-electron chi connectivity index (χ4n) is 2.87. The molecule has 6 heteroatoms. The van der Waals surface area contributed by atoms with Crippen molar-refractivity contribution in [3.05, 3.63) is 77.0 Å². The molecule has 0 aliphatic rings. The Hall–Kier alpha value is -3.67. The molecule has 4 N–H and O–H groups in total. The zero-order chi connectivity index (χ0) is 20.7. The molecule has 0 bridgehead atoms. The molecular weight excluding hydrogens is 354 g/mol. The number of hydrogen-bond acceptors (Lipinski definition) is 4. The molecule has 1 aromatic heterocycles. The molecule has 0 fully saturated rings. The number of rotatable bonds is 4. The van der Waals surface area contributed by atoms with Gasteiger partial charge in [-0.15, -0.1) is 0 Å². The van der Waals surface area contributed by atoms with Gasteiger partial charge in [0.15, 0.2) is 0 Å². The number of carbonyl (C=O) groups is 2. The maximum Gasteiger partial charge on any atom is 0.290 e. The molecule has 1 amide bonds. The number of pyridine rings is 1. The molecule has 0 saturated carbocycles. The van der Waals surface area contributed by atoms with Crippen LogP contribution < -0.4 is 11.1 Å². The van der Waals surface area contributed by atoms with Gasteiger partial charge in [-0.3, -0.25) is 14.6 Å². The highest BCUT2D eigenvalue weighted by Crippen LogP contribution is 2.26. The fourth-order valence-corrected chi connectivity index (χ4v) is 2.87. The van der Waals surface area contributed by atoms with Gasteiger partial charge < -0.3 is 16.2 Å². The van der Waals surface area contributed by atoms with Crippen LogP contribution in [0.25, 0.3) is 11.3 Å². The average molecular weight is 377 g/mol. The van der Waals surface area contributed by atoms with Crippen molar-refractivity contribution in [2.75, 3.05) is 5.32 Å². The maximum absolute atomic E-state index is 11.4. The first kappa shape index (κ1) is 20.6. The van der Waals surface area contributed by atoms with E-state index in [2.05, 4.69) is 48.4 Å². The standard InChI is InChI=1S/C21H21N3O.CH2O2/c1-13-7-8-19(14(2)9-13)24-18-10-15(3)20(23-12-18)16-5-4-6-17(11-16)21(22)25;2-1-3/h4-12,24H,1-3H3,(H2,22,25);1H,(H,2,3). The summed E-state index contributed by atoms with van der Waals surface area (Å²) >= 11 is 0. The van der Waals surface area contributed by atoms with Crippen molar-refractivity contribution in [2.24, 2.45) is 5.73 Å². The minimum Gasteiger partial charge on any atom is -0.483 e. The van der Waals surface area contributed by atoms with E-state index in [1.54, 1.807) is 18.3 Å². The quantitative estimate of drug-likeness (QED) is 0.591. The van der Waals surface area contributed by atoms with Gasteiger partial charge in [0, 0.05) is 16.8 Å². The molecule has 28 heavy (non-hydrogen) atoms. The summed E-state index contributed by atoms with van der Waals surface area (Å²) in [6.07, 6.45) is 1.80. The molecule has 0 spiro atoms. The molecule has 0 radical (unpaired) electrons. The third kappa shape index (κ3) is 5.17. The molecule has 0 unspecified atom stereocenters. The summed E-state index contributed by atoms with van der Waals surface area (Å²) in [6.45, 7) is 5.92. The zero-order valence-electron chi connectivity index (χ0n) is 16.1. The number of anilines is 2. The van der Waals surface area contributed by atoms with Crippen molar-refractivity contribution < 1.29 is 14.7 Å². The third-order valence-corrected chi connectivity index (χ3v) is 4.16. The lowest BCUT2D eigenvalue weighted by molar-refractivity contribution is -0.122. The summed E-state index contributed by atoms with van der Waals surface area (Å²) in [4.78, 5) is 24.3. The van der Waals surface area contributed by atoms with E-state index in [1.165, 1.54) is 11.1 Å². The summed E-state index contributed by atoms with van der Waals surface area (Å²) < 4.78 is 0. The monoisotopic (exact) mass is 377 g/mol. The van der Waals surface area contributed by atoms with Gasteiger partial charge >= 0.3 is 0 Å². The van der Waals surface area contributed by atoms with Gasteiger partial charge in [0.2, 0.25) is 5.91 Å². The Morgan fingerprint density at radius 1 is 1.07 bits per heavy atom. The smallest absolute Gasteiger partial charge is 0.290 e. The Balaban J connectivity index is 0.000000878. The molecule has 0 aliphatic heterocycles. The summed E-state index contributed by atoms with van der Waals surface area (Å²) in [5, 5.41) is 10.3. The Labute approximate surface area is 164 Å². The number of benzene rings is 2. The molecule has 3 rings (SSSR count). The van der Waals surface area contributed by atoms with Crippen LogP contribution in [-0.2, 0) is 4.79 Å². The van der Waals surface area contributed by atoms with E-state index < -0.39 is 5.91 Å². The van der Waals surface area contributed by atoms with Crippen molar-refractivity contribution in [1.29, 1.82) is 0 Å². The van der Waals surface area contributed by atoms with E-state index in [0.29, 0.717) is 5.56 Å². The minimum absolute atomic E-state index is 0.250. The van der Waals surface area contributed by atoms with Crippen LogP contribution in [0.4, 0.5) is 11.4 Å². The summed E-state index contributed by atoms with van der Waals surface area (Å²) in [5.41, 5.74) is 13.0. The SMILES string of the molecule is Cc1ccc(Nc2cnc(-c3cccc(C(N)=O)c3)c(C)c2)c(C)c1.O=CO. The van der Waals surface area contributed by atoms with Gasteiger partial charge in [-0.25, -0.2) is 0 Å². The number of nitrogens with one attached hydrogen (secondary N) is 1. The topological polar surface area (TPSA) is 105 Å². The molecule has 3 aromatic rings. The van der Waals surface area contributed by atoms with Crippen LogP contribution in [0.15, 0.2) is 54.7 Å². The van der Waals surface area contributed by atoms with Gasteiger partial charge in [-0.2, -0.15) is 0 Å². The van der Waals surface area contributed by atoms with E-state index >= 15 is 0 Å². The van der Waals surface area contributed by atoms with Gasteiger partial charge in [0.05, 0.1) is 17.6 Å². The molecular formula is C22H23N3O3. The first-order valence-corrected chi connectivity index (χ1v) is 8.64. The van der Waals surface area contributed by atoms with Crippen molar-refractivity contribution in [2.45, 2.75) is 20.8 Å². The zero-order valence-corrected chi connectivity index (χ0v) is 16.1. The van der Waals surface area contributed by atoms with Gasteiger partial charge in [-0.1, -0.05) is 29.8 Å². The lowest BCUT2D eigenvalue weighted by Crippen LogP contribution is -2.10. The predicted molar refractivity (Wildman–Crippen MR) is 111 cm³/mol. The first-order chi connectivity index (χ1) is 13.3. The number of hydrogen-bond donors (Lipinski definition) is 3. The number of carbonyl (C=O) groups excluding carboxylic acids is 1. The highest BCUT2D eigenvalue weighted by molar-refractivity contribution is 5.94. The summed E-state index contributed by atoms with van der Waals surface area (Å²) in [5.74, 6) is -0.437. The van der Waals surface area contributed by atoms with Crippen molar-refractivity contribution in [3.63, 3.8) is 0 Å². The van der Waals surface area contributed by atoms with E-state index in [9.17, 15) is 4.79 Å². The number of aryl methyl sites for hydroxylation is 3. The number of aromatic nitrogens is 1. The lowest BCUT2D eigenvalue weighted by Gasteiger charge is -2.12. The van der Waals surface area contributed by atoms with Gasteiger partial charge in [0.1, 0.15) is 0 Å². The van der Waals surface area contributed by atoms with Crippen molar-refractivity contribution >= 4 is 23.8 Å². The second-order valence-electron chi connectivity index (χ2n) is 6.38. The normalized spacial score (nSPS) is 9.82. The molecule has 0 saturated heterocycles. The maximum atomic E-state index is 11.4. The summed E-state index contributed by atoms with van der Waals surface area (Å²) in [7, 11) is 0. The molecule has 6 nitrogen and oxygen atoms in total. The van der Waals surface area contributed by atoms with E-state index in [0.717, 1.165) is 28.2 Å². The Kier molecular flexibility index (Phi) is 6.87. The Morgan fingerprint density at radius 3 is 2.39 bits per heavy atom. The largest absolute Gasteiger partial charge is 0.483 e. The highest BCUT2D eigenvalue weighted by atomic mass is 16.3. The molecule has 0 aliphatic carbocycles. The lowest BCUT2D eigenvalue weighted by atomic mass is 10.0. The molecule has 0 atom stereocenters. The third-order valence-electron chi connectivity index (χ3n) is 4.16. The molecule has 1 heterocycles.